The van der Waals surface area contributed by atoms with Crippen LogP contribution in [0.5, 0.6) is 0 Å². The van der Waals surface area contributed by atoms with Crippen molar-refractivity contribution in [2.45, 2.75) is 26.2 Å². The summed E-state index contributed by atoms with van der Waals surface area (Å²) in [6.07, 6.45) is 1.56. The second-order valence-electron chi connectivity index (χ2n) is 4.18. The van der Waals surface area contributed by atoms with E-state index in [4.69, 9.17) is 5.73 Å². The van der Waals surface area contributed by atoms with Gasteiger partial charge in [0.1, 0.15) is 5.82 Å². The van der Waals surface area contributed by atoms with E-state index in [2.05, 4.69) is 4.98 Å². The van der Waals surface area contributed by atoms with Gasteiger partial charge in [-0.05, 0) is 17.0 Å². The minimum absolute atomic E-state index is 0.0644. The topological polar surface area (TPSA) is 56.0 Å². The zero-order valence-electron chi connectivity index (χ0n) is 8.47. The van der Waals surface area contributed by atoms with Gasteiger partial charge in [0.15, 0.2) is 0 Å². The minimum Gasteiger partial charge on any atom is -0.383 e. The number of nitrogens with two attached hydrogens (primary N) is 1. The fraction of sp³-hybridized carbons (Fsp3) is 0.400. The third-order valence-corrected chi connectivity index (χ3v) is 2.00. The average molecular weight is 196 g/mol. The first kappa shape index (κ1) is 10.6. The largest absolute Gasteiger partial charge is 0.383 e. The molecule has 1 aromatic heterocycles. The summed E-state index contributed by atoms with van der Waals surface area (Å²) in [5, 5.41) is 0. The van der Waals surface area contributed by atoms with Crippen molar-refractivity contribution in [2.24, 2.45) is 0 Å². The molecule has 0 fully saturated rings. The molecule has 0 radical (unpaired) electrons. The lowest BCUT2D eigenvalue weighted by Crippen LogP contribution is -2.13. The minimum atomic E-state index is -1.54. The van der Waals surface area contributed by atoms with Crippen LogP contribution in [0.3, 0.4) is 0 Å². The third kappa shape index (κ3) is 2.07. The van der Waals surface area contributed by atoms with Gasteiger partial charge in [-0.3, -0.25) is 4.79 Å². The Kier molecular flexibility index (Phi) is 2.55. The highest BCUT2D eigenvalue weighted by atomic mass is 19.1. The molecule has 1 aromatic rings. The van der Waals surface area contributed by atoms with Crippen molar-refractivity contribution in [3.05, 3.63) is 23.4 Å². The number of halogens is 1. The number of nitrogen functional groups attached to an aromatic ring is 1. The van der Waals surface area contributed by atoms with Crippen molar-refractivity contribution >= 4 is 11.9 Å². The van der Waals surface area contributed by atoms with Crippen LogP contribution in [-0.4, -0.2) is 11.0 Å². The van der Waals surface area contributed by atoms with Gasteiger partial charge in [0.05, 0.1) is 5.56 Å². The predicted octanol–water partition coefficient (Wildman–Crippen LogP) is 2.07. The molecule has 0 aliphatic carbocycles. The van der Waals surface area contributed by atoms with Gasteiger partial charge in [0, 0.05) is 6.20 Å². The molecule has 0 saturated heterocycles. The molecule has 0 spiro atoms. The lowest BCUT2D eigenvalue weighted by atomic mass is 9.87. The van der Waals surface area contributed by atoms with Crippen molar-refractivity contribution in [1.29, 1.82) is 0 Å². The zero-order valence-corrected chi connectivity index (χ0v) is 8.47. The average Bonchev–Trinajstić information content (AvgIpc) is 2.02. The van der Waals surface area contributed by atoms with Crippen LogP contribution in [0.15, 0.2) is 12.3 Å². The van der Waals surface area contributed by atoms with Crippen LogP contribution in [0, 0.1) is 0 Å². The van der Waals surface area contributed by atoms with Crippen LogP contribution >= 0.6 is 0 Å². The standard InChI is InChI=1S/C10H13FN2O/c1-10(2,3)6-4-7(8(11)14)9(12)13-5-6/h4-5H,1-3H3,(H2,12,13). The summed E-state index contributed by atoms with van der Waals surface area (Å²) in [5.41, 5.74) is 5.82. The molecule has 0 atom stereocenters. The van der Waals surface area contributed by atoms with Crippen LogP contribution in [0.1, 0.15) is 36.7 Å². The molecule has 0 aromatic carbocycles. The Bertz CT molecular complexity index is 369. The fourth-order valence-corrected chi connectivity index (χ4v) is 1.04. The molecule has 0 bridgehead atoms. The van der Waals surface area contributed by atoms with Crippen molar-refractivity contribution < 1.29 is 9.18 Å². The molecule has 14 heavy (non-hydrogen) atoms. The van der Waals surface area contributed by atoms with E-state index in [1.54, 1.807) is 6.20 Å². The van der Waals surface area contributed by atoms with Gasteiger partial charge in [-0.15, -0.1) is 0 Å². The number of pyridine rings is 1. The molecule has 4 heteroatoms. The maximum atomic E-state index is 12.5. The number of carbonyl (C=O) groups excluding carboxylic acids is 1. The Morgan fingerprint density at radius 3 is 2.50 bits per heavy atom. The first-order valence-corrected chi connectivity index (χ1v) is 4.28. The van der Waals surface area contributed by atoms with Gasteiger partial charge < -0.3 is 5.73 Å². The smallest absolute Gasteiger partial charge is 0.335 e. The van der Waals surface area contributed by atoms with Gasteiger partial charge >= 0.3 is 6.04 Å². The van der Waals surface area contributed by atoms with Gasteiger partial charge in [-0.25, -0.2) is 4.98 Å². The molecule has 2 N–H and O–H groups in total. The molecule has 0 aliphatic heterocycles. The Morgan fingerprint density at radius 2 is 2.07 bits per heavy atom. The van der Waals surface area contributed by atoms with Crippen molar-refractivity contribution in [2.75, 3.05) is 5.73 Å². The molecule has 0 saturated carbocycles. The van der Waals surface area contributed by atoms with E-state index in [0.29, 0.717) is 0 Å². The van der Waals surface area contributed by atoms with Crippen LogP contribution < -0.4 is 5.73 Å². The number of hydrogen-bond acceptors (Lipinski definition) is 3. The second kappa shape index (κ2) is 3.36. The van der Waals surface area contributed by atoms with Gasteiger partial charge in [-0.1, -0.05) is 20.8 Å². The van der Waals surface area contributed by atoms with Crippen molar-refractivity contribution in [3.63, 3.8) is 0 Å². The molecule has 76 valence electrons. The monoisotopic (exact) mass is 196 g/mol. The van der Waals surface area contributed by atoms with Gasteiger partial charge in [0.25, 0.3) is 0 Å². The number of nitrogens with zero attached hydrogens (tertiary/aromatic N) is 1. The number of carbonyl (C=O) groups is 1. The highest BCUT2D eigenvalue weighted by molar-refractivity contribution is 5.93. The Morgan fingerprint density at radius 1 is 1.50 bits per heavy atom. The predicted molar refractivity (Wildman–Crippen MR) is 52.8 cm³/mol. The van der Waals surface area contributed by atoms with E-state index < -0.39 is 6.04 Å². The summed E-state index contributed by atoms with van der Waals surface area (Å²) in [5.74, 6) is -0.0644. The number of hydrogen-bond donors (Lipinski definition) is 1. The van der Waals surface area contributed by atoms with E-state index in [-0.39, 0.29) is 16.8 Å². The highest BCUT2D eigenvalue weighted by Gasteiger charge is 2.18. The molecule has 0 aliphatic rings. The Labute approximate surface area is 82.1 Å². The normalized spacial score (nSPS) is 11.4. The van der Waals surface area contributed by atoms with Gasteiger partial charge in [-0.2, -0.15) is 4.39 Å². The van der Waals surface area contributed by atoms with Crippen LogP contribution in [-0.2, 0) is 5.41 Å². The van der Waals surface area contributed by atoms with Crippen LogP contribution in [0.4, 0.5) is 10.2 Å². The summed E-state index contributed by atoms with van der Waals surface area (Å²) in [6.45, 7) is 5.85. The summed E-state index contributed by atoms with van der Waals surface area (Å²) in [4.78, 5) is 14.3. The van der Waals surface area contributed by atoms with Crippen molar-refractivity contribution in [1.82, 2.24) is 4.98 Å². The lowest BCUT2D eigenvalue weighted by Gasteiger charge is -2.18. The molecular weight excluding hydrogens is 183 g/mol. The van der Waals surface area contributed by atoms with Crippen LogP contribution in [0.2, 0.25) is 0 Å². The third-order valence-electron chi connectivity index (χ3n) is 2.00. The van der Waals surface area contributed by atoms with E-state index in [9.17, 15) is 9.18 Å². The van der Waals surface area contributed by atoms with E-state index in [1.807, 2.05) is 20.8 Å². The Hall–Kier alpha value is -1.45. The van der Waals surface area contributed by atoms with Gasteiger partial charge in [0.2, 0.25) is 0 Å². The second-order valence-corrected chi connectivity index (χ2v) is 4.18. The van der Waals surface area contributed by atoms with Crippen LogP contribution in [0.25, 0.3) is 0 Å². The van der Waals surface area contributed by atoms with Crippen molar-refractivity contribution in [3.8, 4) is 0 Å². The molecule has 3 nitrogen and oxygen atoms in total. The molecule has 0 unspecified atom stereocenters. The number of anilines is 1. The lowest BCUT2D eigenvalue weighted by molar-refractivity contribution is 0.0836. The number of aromatic nitrogens is 1. The SMILES string of the molecule is CC(C)(C)c1cnc(N)c(C(=O)F)c1. The van der Waals surface area contributed by atoms with E-state index >= 15 is 0 Å². The zero-order chi connectivity index (χ0) is 10.9. The van der Waals surface area contributed by atoms with E-state index in [1.165, 1.54) is 6.07 Å². The summed E-state index contributed by atoms with van der Waals surface area (Å²) < 4.78 is 12.5. The maximum Gasteiger partial charge on any atom is 0.335 e. The summed E-state index contributed by atoms with van der Waals surface area (Å²) in [6, 6.07) is -0.0916. The summed E-state index contributed by atoms with van der Waals surface area (Å²) in [7, 11) is 0. The number of rotatable bonds is 1. The maximum absolute atomic E-state index is 12.5. The molecular formula is C10H13FN2O. The highest BCUT2D eigenvalue weighted by Crippen LogP contribution is 2.24. The summed E-state index contributed by atoms with van der Waals surface area (Å²) >= 11 is 0. The van der Waals surface area contributed by atoms with E-state index in [0.717, 1.165) is 5.56 Å². The molecule has 1 rings (SSSR count). The Balaban J connectivity index is 3.27. The fourth-order valence-electron chi connectivity index (χ4n) is 1.04. The molecule has 0 amide bonds. The first-order valence-electron chi connectivity index (χ1n) is 4.28. The first-order chi connectivity index (χ1) is 6.32. The quantitative estimate of drug-likeness (QED) is 0.699. The molecule has 1 heterocycles.